The molecular formula is C30H29N6NaO8S. The number of β-lactam (4-membered cyclic amide) rings is 1. The normalized spacial score (nSPS) is 19.0. The molecule has 2 aromatic carbocycles. The van der Waals surface area contributed by atoms with Crippen molar-refractivity contribution in [2.45, 2.75) is 31.7 Å². The van der Waals surface area contributed by atoms with Crippen LogP contribution in [-0.2, 0) is 30.3 Å². The first-order valence-electron chi connectivity index (χ1n) is 13.9. The Bertz CT molecular complexity index is 1650. The van der Waals surface area contributed by atoms with Crippen LogP contribution >= 0.6 is 11.8 Å². The molecule has 5 rings (SSSR count). The van der Waals surface area contributed by atoms with Gasteiger partial charge in [0.05, 0.1) is 37.4 Å². The van der Waals surface area contributed by atoms with Gasteiger partial charge in [0.1, 0.15) is 18.0 Å². The first-order valence-corrected chi connectivity index (χ1v) is 15.0. The fraction of sp³-hybridized carbons (Fsp3) is 0.300. The molecule has 46 heavy (non-hydrogen) atoms. The maximum Gasteiger partial charge on any atom is 1.00 e. The number of carboxylic acids is 1. The quantitative estimate of drug-likeness (QED) is 0.131. The molecule has 3 aliphatic heterocycles. The minimum absolute atomic E-state index is 0. The Kier molecular flexibility index (Phi) is 11.3. The summed E-state index contributed by atoms with van der Waals surface area (Å²) >= 11 is 1.22. The number of aryl methyl sites for hydroxylation is 1. The van der Waals surface area contributed by atoms with Crippen LogP contribution in [0.4, 0.5) is 15.3 Å². The number of rotatable bonds is 9. The molecule has 2 aromatic rings. The molecule has 2 N–H and O–H groups in total. The van der Waals surface area contributed by atoms with Crippen molar-refractivity contribution in [3.05, 3.63) is 76.5 Å². The fourth-order valence-corrected chi connectivity index (χ4v) is 6.38. The van der Waals surface area contributed by atoms with Gasteiger partial charge in [-0.1, -0.05) is 48.0 Å². The first-order chi connectivity index (χ1) is 21.5. The zero-order valence-electron chi connectivity index (χ0n) is 25.3. The summed E-state index contributed by atoms with van der Waals surface area (Å²) in [6, 6.07) is 11.9. The van der Waals surface area contributed by atoms with Crippen LogP contribution in [0.15, 0.2) is 64.9 Å². The number of hydrogen-bond acceptors (Lipinski definition) is 10. The van der Waals surface area contributed by atoms with E-state index in [0.717, 1.165) is 20.9 Å². The van der Waals surface area contributed by atoms with E-state index in [-0.39, 0.29) is 72.7 Å². The molecule has 16 heteroatoms. The van der Waals surface area contributed by atoms with Crippen LogP contribution in [0.2, 0.25) is 0 Å². The van der Waals surface area contributed by atoms with Crippen molar-refractivity contribution in [1.82, 2.24) is 20.1 Å². The van der Waals surface area contributed by atoms with Gasteiger partial charge in [0, 0.05) is 23.9 Å². The number of amides is 6. The molecule has 0 spiro atoms. The van der Waals surface area contributed by atoms with Crippen LogP contribution in [0.5, 0.6) is 0 Å². The number of nitrogens with zero attached hydrogens (tertiary/aromatic N) is 4. The van der Waals surface area contributed by atoms with Crippen molar-refractivity contribution in [2.24, 2.45) is 5.10 Å². The second-order valence-corrected chi connectivity index (χ2v) is 11.6. The minimum atomic E-state index is -1.58. The summed E-state index contributed by atoms with van der Waals surface area (Å²) in [6.45, 7) is 3.17. The third-order valence-electron chi connectivity index (χ3n) is 7.24. The summed E-state index contributed by atoms with van der Waals surface area (Å²) in [4.78, 5) is 76.8. The number of anilines is 1. The molecule has 234 valence electrons. The van der Waals surface area contributed by atoms with Crippen molar-refractivity contribution in [1.29, 1.82) is 0 Å². The van der Waals surface area contributed by atoms with Gasteiger partial charge in [-0.15, -0.1) is 11.8 Å². The molecule has 2 saturated heterocycles. The van der Waals surface area contributed by atoms with E-state index in [4.69, 9.17) is 4.74 Å². The number of urea groups is 2. The third kappa shape index (κ3) is 7.61. The largest absolute Gasteiger partial charge is 1.00 e. The number of imide groups is 1. The smallest absolute Gasteiger partial charge is 0.543 e. The van der Waals surface area contributed by atoms with E-state index in [0.29, 0.717) is 11.3 Å². The second kappa shape index (κ2) is 14.9. The van der Waals surface area contributed by atoms with Crippen LogP contribution in [0.3, 0.4) is 0 Å². The molecular weight excluding hydrogens is 627 g/mol. The van der Waals surface area contributed by atoms with Gasteiger partial charge in [0.2, 0.25) is 5.91 Å². The Hall–Kier alpha value is -4.18. The van der Waals surface area contributed by atoms with Gasteiger partial charge in [-0.25, -0.2) is 19.5 Å². The molecule has 3 heterocycles. The summed E-state index contributed by atoms with van der Waals surface area (Å²) in [6.07, 6.45) is 1.34. The number of carbonyl (C=O) groups is 6. The topological polar surface area (TPSA) is 181 Å². The Labute approximate surface area is 290 Å². The molecule has 0 aromatic heterocycles. The SMILES string of the molecule is CC(=O)OCC1=C(C(=O)[O-])N2C(=O)C(NC(=O)Cc3ccccc3NC(=O)N3CCN(/N=C/c4cccc(C)c4)C3=O)[C@H]2SC1.[Na+]. The van der Waals surface area contributed by atoms with Gasteiger partial charge in [0.25, 0.3) is 5.91 Å². The van der Waals surface area contributed by atoms with Crippen molar-refractivity contribution < 1.29 is 68.2 Å². The number of esters is 1. The molecule has 0 bridgehead atoms. The van der Waals surface area contributed by atoms with Crippen molar-refractivity contribution in [3.63, 3.8) is 0 Å². The van der Waals surface area contributed by atoms with Gasteiger partial charge >= 0.3 is 47.6 Å². The average molecular weight is 657 g/mol. The summed E-state index contributed by atoms with van der Waals surface area (Å²) in [5, 5.41) is 21.9. The van der Waals surface area contributed by atoms with E-state index in [1.165, 1.54) is 23.7 Å². The number of thioether (sulfide) groups is 1. The van der Waals surface area contributed by atoms with E-state index < -0.39 is 47.2 Å². The molecule has 6 amide bonds. The minimum Gasteiger partial charge on any atom is -0.543 e. The second-order valence-electron chi connectivity index (χ2n) is 10.5. The number of carboxylic acid groups (broad SMARTS) is 1. The molecule has 0 aliphatic carbocycles. The van der Waals surface area contributed by atoms with E-state index in [1.807, 2.05) is 31.2 Å². The molecule has 0 radical (unpaired) electrons. The van der Waals surface area contributed by atoms with Gasteiger partial charge in [-0.05, 0) is 24.1 Å². The monoisotopic (exact) mass is 656 g/mol. The molecule has 2 atom stereocenters. The molecule has 2 fully saturated rings. The van der Waals surface area contributed by atoms with E-state index in [2.05, 4.69) is 15.7 Å². The molecule has 0 saturated carbocycles. The Morgan fingerprint density at radius 1 is 1.11 bits per heavy atom. The van der Waals surface area contributed by atoms with Crippen LogP contribution in [-0.4, -0.2) is 93.7 Å². The van der Waals surface area contributed by atoms with E-state index >= 15 is 0 Å². The number of para-hydroxylation sites is 1. The Morgan fingerprint density at radius 3 is 2.59 bits per heavy atom. The number of aliphatic carboxylic acids is 1. The van der Waals surface area contributed by atoms with Crippen molar-refractivity contribution >= 4 is 59.5 Å². The van der Waals surface area contributed by atoms with Crippen LogP contribution < -0.4 is 45.3 Å². The third-order valence-corrected chi connectivity index (χ3v) is 8.58. The number of ether oxygens (including phenoxy) is 1. The van der Waals surface area contributed by atoms with Crippen molar-refractivity contribution in [3.8, 4) is 0 Å². The van der Waals surface area contributed by atoms with Gasteiger partial charge in [-0.3, -0.25) is 19.3 Å². The molecule has 3 aliphatic rings. The first kappa shape index (κ1) is 34.7. The zero-order valence-corrected chi connectivity index (χ0v) is 28.2. The predicted molar refractivity (Wildman–Crippen MR) is 160 cm³/mol. The number of hydrazone groups is 1. The Balaban J connectivity index is 0.00000480. The number of benzene rings is 2. The number of carbonyl (C=O) groups excluding carboxylic acids is 6. The maximum absolute atomic E-state index is 13.0. The summed E-state index contributed by atoms with van der Waals surface area (Å²) in [5.74, 6) is -3.18. The number of hydrogen-bond donors (Lipinski definition) is 2. The van der Waals surface area contributed by atoms with Gasteiger partial charge < -0.3 is 25.3 Å². The van der Waals surface area contributed by atoms with Crippen molar-refractivity contribution in [2.75, 3.05) is 30.8 Å². The Morgan fingerprint density at radius 2 is 1.87 bits per heavy atom. The summed E-state index contributed by atoms with van der Waals surface area (Å²) < 4.78 is 4.91. The average Bonchev–Trinajstić information content (AvgIpc) is 3.38. The summed E-state index contributed by atoms with van der Waals surface area (Å²) in [5.41, 5.74) is 2.46. The zero-order chi connectivity index (χ0) is 32.2. The van der Waals surface area contributed by atoms with Crippen LogP contribution in [0, 0.1) is 6.92 Å². The molecule has 1 unspecified atom stereocenters. The predicted octanol–water partition coefficient (Wildman–Crippen LogP) is -2.19. The number of fused-ring (bicyclic) bond motifs is 1. The number of nitrogens with one attached hydrogen (secondary N) is 2. The van der Waals surface area contributed by atoms with Gasteiger partial charge in [-0.2, -0.15) is 5.10 Å². The fourth-order valence-electron chi connectivity index (χ4n) is 5.06. The van der Waals surface area contributed by atoms with Gasteiger partial charge in [0.15, 0.2) is 0 Å². The van der Waals surface area contributed by atoms with E-state index in [1.54, 1.807) is 30.5 Å². The van der Waals surface area contributed by atoms with E-state index in [9.17, 15) is 33.9 Å². The summed E-state index contributed by atoms with van der Waals surface area (Å²) in [7, 11) is 0. The molecule has 14 nitrogen and oxygen atoms in total. The van der Waals surface area contributed by atoms with Crippen LogP contribution in [0.1, 0.15) is 23.6 Å². The van der Waals surface area contributed by atoms with Crippen LogP contribution in [0.25, 0.3) is 0 Å². The maximum atomic E-state index is 13.0. The standard InChI is InChI=1S/C30H30N6O8S.Na/c1-17-6-5-7-19(12-17)14-31-35-11-10-34(30(35)43)29(42)32-22-9-4-3-8-20(22)13-23(38)33-24-26(39)36-25(28(40)41)21(15-44-18(2)37)16-45-27(24)36;/h3-9,12,14,24,27H,10-11,13,15-16H2,1-2H3,(H,32,42)(H,33,38)(H,40,41);/q;+1/p-1/b31-14+;/t24?,27-;/m1./s1.